The van der Waals surface area contributed by atoms with Gasteiger partial charge in [-0.25, -0.2) is 8.42 Å². The van der Waals surface area contributed by atoms with Crippen molar-refractivity contribution in [3.05, 3.63) is 53.2 Å². The summed E-state index contributed by atoms with van der Waals surface area (Å²) >= 11 is 0. The Labute approximate surface area is 158 Å². The van der Waals surface area contributed by atoms with Crippen LogP contribution < -0.4 is 9.47 Å². The second kappa shape index (κ2) is 6.58. The molecule has 7 heteroatoms. The van der Waals surface area contributed by atoms with Crippen LogP contribution in [-0.4, -0.2) is 38.5 Å². The van der Waals surface area contributed by atoms with E-state index in [4.69, 9.17) is 9.47 Å². The van der Waals surface area contributed by atoms with Crippen LogP contribution in [0.5, 0.6) is 11.5 Å². The molecule has 2 heterocycles. The first-order valence-corrected chi connectivity index (χ1v) is 10.2. The van der Waals surface area contributed by atoms with Gasteiger partial charge in [-0.3, -0.25) is 0 Å². The van der Waals surface area contributed by atoms with Crippen molar-refractivity contribution < 1.29 is 17.9 Å². The summed E-state index contributed by atoms with van der Waals surface area (Å²) in [6.45, 7) is 2.64. The third-order valence-corrected chi connectivity index (χ3v) is 6.99. The molecular formula is C20H22N2O4S. The number of sulfonamides is 1. The number of aromatic nitrogens is 1. The number of rotatable bonds is 4. The number of aromatic amines is 1. The lowest BCUT2D eigenvalue weighted by molar-refractivity contribution is 0.390. The van der Waals surface area contributed by atoms with E-state index in [9.17, 15) is 8.42 Å². The molecule has 142 valence electrons. The van der Waals surface area contributed by atoms with Crippen molar-refractivity contribution in [1.82, 2.24) is 9.29 Å². The van der Waals surface area contributed by atoms with Crippen molar-refractivity contribution in [1.29, 1.82) is 0 Å². The maximum Gasteiger partial charge on any atom is 0.243 e. The standard InChI is InChI=1S/C20H22N2O4S/c1-13-10-15(5-7-20(13)26-3)27(23,24)22-9-8-19-17(12-22)16-11-14(25-2)4-6-18(16)21-19/h4-7,10-11,21H,8-9,12H2,1-3H3. The Morgan fingerprint density at radius 2 is 1.89 bits per heavy atom. The molecule has 6 nitrogen and oxygen atoms in total. The summed E-state index contributed by atoms with van der Waals surface area (Å²) in [5.41, 5.74) is 3.91. The summed E-state index contributed by atoms with van der Waals surface area (Å²) in [6.07, 6.45) is 0.653. The maximum absolute atomic E-state index is 13.2. The molecule has 0 spiro atoms. The van der Waals surface area contributed by atoms with Gasteiger partial charge < -0.3 is 14.5 Å². The Kier molecular flexibility index (Phi) is 4.36. The second-order valence-electron chi connectivity index (χ2n) is 6.71. The number of benzene rings is 2. The largest absolute Gasteiger partial charge is 0.497 e. The number of ether oxygens (including phenoxy) is 2. The van der Waals surface area contributed by atoms with Crippen LogP contribution in [0.15, 0.2) is 41.3 Å². The number of hydrogen-bond acceptors (Lipinski definition) is 4. The van der Waals surface area contributed by atoms with Crippen LogP contribution in [0.4, 0.5) is 0 Å². The molecule has 2 aromatic carbocycles. The van der Waals surface area contributed by atoms with Crippen LogP contribution in [0, 0.1) is 6.92 Å². The molecule has 0 fully saturated rings. The van der Waals surface area contributed by atoms with Crippen molar-refractivity contribution in [3.8, 4) is 11.5 Å². The van der Waals surface area contributed by atoms with Gasteiger partial charge in [-0.2, -0.15) is 4.31 Å². The molecule has 1 aliphatic rings. The van der Waals surface area contributed by atoms with E-state index in [1.54, 1.807) is 36.7 Å². The normalized spacial score (nSPS) is 14.9. The molecular weight excluding hydrogens is 364 g/mol. The van der Waals surface area contributed by atoms with Gasteiger partial charge in [0, 0.05) is 36.1 Å². The molecule has 1 aromatic heterocycles. The van der Waals surface area contributed by atoms with Gasteiger partial charge in [0.2, 0.25) is 10.0 Å². The highest BCUT2D eigenvalue weighted by molar-refractivity contribution is 7.89. The fourth-order valence-electron chi connectivity index (χ4n) is 3.66. The molecule has 0 radical (unpaired) electrons. The average Bonchev–Trinajstić information content (AvgIpc) is 3.04. The lowest BCUT2D eigenvalue weighted by Gasteiger charge is -2.26. The van der Waals surface area contributed by atoms with E-state index in [0.717, 1.165) is 33.5 Å². The Hall–Kier alpha value is -2.51. The van der Waals surface area contributed by atoms with Gasteiger partial charge in [-0.15, -0.1) is 0 Å². The van der Waals surface area contributed by atoms with Gasteiger partial charge >= 0.3 is 0 Å². The SMILES string of the molecule is COc1ccc2[nH]c3c(c2c1)CN(S(=O)(=O)c1ccc(OC)c(C)c1)CC3. The Bertz CT molecular complexity index is 1120. The first kappa shape index (κ1) is 17.9. The van der Waals surface area contributed by atoms with Crippen molar-refractivity contribution >= 4 is 20.9 Å². The third kappa shape index (κ3) is 2.96. The Morgan fingerprint density at radius 3 is 2.59 bits per heavy atom. The lowest BCUT2D eigenvalue weighted by atomic mass is 10.1. The summed E-state index contributed by atoms with van der Waals surface area (Å²) in [5, 5.41) is 1.01. The fraction of sp³-hybridized carbons (Fsp3) is 0.300. The predicted molar refractivity (Wildman–Crippen MR) is 104 cm³/mol. The monoisotopic (exact) mass is 386 g/mol. The van der Waals surface area contributed by atoms with Gasteiger partial charge in [0.15, 0.2) is 0 Å². The number of nitrogens with one attached hydrogen (secondary N) is 1. The van der Waals surface area contributed by atoms with Gasteiger partial charge in [-0.05, 0) is 54.4 Å². The Balaban J connectivity index is 1.72. The van der Waals surface area contributed by atoms with E-state index in [-0.39, 0.29) is 0 Å². The lowest BCUT2D eigenvalue weighted by Crippen LogP contribution is -2.35. The molecule has 0 saturated heterocycles. The molecule has 0 amide bonds. The van der Waals surface area contributed by atoms with Crippen LogP contribution in [0.25, 0.3) is 10.9 Å². The summed E-state index contributed by atoms with van der Waals surface area (Å²) in [5.74, 6) is 1.44. The zero-order valence-corrected chi connectivity index (χ0v) is 16.4. The molecule has 3 aromatic rings. The minimum absolute atomic E-state index is 0.293. The summed E-state index contributed by atoms with van der Waals surface area (Å²) < 4.78 is 38.5. The average molecular weight is 386 g/mol. The van der Waals surface area contributed by atoms with E-state index >= 15 is 0 Å². The fourth-order valence-corrected chi connectivity index (χ4v) is 5.16. The predicted octanol–water partition coefficient (Wildman–Crippen LogP) is 3.24. The van der Waals surface area contributed by atoms with E-state index in [2.05, 4.69) is 4.98 Å². The quantitative estimate of drug-likeness (QED) is 0.747. The van der Waals surface area contributed by atoms with Crippen LogP contribution in [0.3, 0.4) is 0 Å². The van der Waals surface area contributed by atoms with E-state index in [0.29, 0.717) is 30.2 Å². The van der Waals surface area contributed by atoms with Gasteiger partial charge in [-0.1, -0.05) is 0 Å². The third-order valence-electron chi connectivity index (χ3n) is 5.15. The Morgan fingerprint density at radius 1 is 1.07 bits per heavy atom. The topological polar surface area (TPSA) is 71.6 Å². The number of H-pyrrole nitrogens is 1. The van der Waals surface area contributed by atoms with Crippen molar-refractivity contribution in [3.63, 3.8) is 0 Å². The molecule has 27 heavy (non-hydrogen) atoms. The summed E-state index contributed by atoms with van der Waals surface area (Å²) in [7, 11) is -0.376. The van der Waals surface area contributed by atoms with Gasteiger partial charge in [0.05, 0.1) is 19.1 Å². The van der Waals surface area contributed by atoms with Crippen LogP contribution >= 0.6 is 0 Å². The maximum atomic E-state index is 13.2. The first-order valence-electron chi connectivity index (χ1n) is 8.76. The summed E-state index contributed by atoms with van der Waals surface area (Å²) in [6, 6.07) is 10.8. The minimum atomic E-state index is -3.58. The smallest absolute Gasteiger partial charge is 0.243 e. The highest BCUT2D eigenvalue weighted by Gasteiger charge is 2.30. The van der Waals surface area contributed by atoms with Crippen molar-refractivity contribution in [2.75, 3.05) is 20.8 Å². The number of aryl methyl sites for hydroxylation is 1. The highest BCUT2D eigenvalue weighted by Crippen LogP contribution is 2.33. The van der Waals surface area contributed by atoms with E-state index < -0.39 is 10.0 Å². The molecule has 0 saturated carbocycles. The van der Waals surface area contributed by atoms with Crippen molar-refractivity contribution in [2.45, 2.75) is 24.8 Å². The molecule has 0 aliphatic carbocycles. The van der Waals surface area contributed by atoms with Crippen molar-refractivity contribution in [2.24, 2.45) is 0 Å². The number of nitrogens with zero attached hydrogens (tertiary/aromatic N) is 1. The molecule has 1 aliphatic heterocycles. The number of fused-ring (bicyclic) bond motifs is 3. The molecule has 4 rings (SSSR count). The molecule has 1 N–H and O–H groups in total. The van der Waals surface area contributed by atoms with Crippen LogP contribution in [0.2, 0.25) is 0 Å². The summed E-state index contributed by atoms with van der Waals surface area (Å²) in [4.78, 5) is 3.70. The highest BCUT2D eigenvalue weighted by atomic mass is 32.2. The molecule has 0 atom stereocenters. The zero-order valence-electron chi connectivity index (χ0n) is 15.6. The number of hydrogen-bond donors (Lipinski definition) is 1. The van der Waals surface area contributed by atoms with E-state index in [1.807, 2.05) is 25.1 Å². The number of methoxy groups -OCH3 is 2. The van der Waals surface area contributed by atoms with Crippen LogP contribution in [0.1, 0.15) is 16.8 Å². The first-order chi connectivity index (χ1) is 12.9. The second-order valence-corrected chi connectivity index (χ2v) is 8.65. The molecule has 0 bridgehead atoms. The van der Waals surface area contributed by atoms with Crippen LogP contribution in [-0.2, 0) is 23.0 Å². The van der Waals surface area contributed by atoms with Gasteiger partial charge in [0.25, 0.3) is 0 Å². The molecule has 0 unspecified atom stereocenters. The minimum Gasteiger partial charge on any atom is -0.497 e. The van der Waals surface area contributed by atoms with Gasteiger partial charge in [0.1, 0.15) is 11.5 Å². The van der Waals surface area contributed by atoms with E-state index in [1.165, 1.54) is 0 Å². The zero-order chi connectivity index (χ0) is 19.2.